The molecule has 1 saturated carbocycles. The summed E-state index contributed by atoms with van der Waals surface area (Å²) >= 11 is 0. The molecule has 2 N–H and O–H groups in total. The zero-order valence-electron chi connectivity index (χ0n) is 14.5. The molecule has 8 heteroatoms. The molecule has 4 nitrogen and oxygen atoms in total. The van der Waals surface area contributed by atoms with Crippen LogP contribution in [0.4, 0.5) is 23.2 Å². The fourth-order valence-electron chi connectivity index (χ4n) is 2.99. The molecule has 3 aromatic rings. The Hall–Kier alpha value is -3.16. The topological polar surface area (TPSA) is 57.8 Å². The molecule has 1 heterocycles. The maximum Gasteiger partial charge on any atom is 0.416 e. The van der Waals surface area contributed by atoms with Crippen LogP contribution >= 0.6 is 0 Å². The average molecular weight is 389 g/mol. The number of alkyl halides is 3. The summed E-state index contributed by atoms with van der Waals surface area (Å²) in [4.78, 5) is 12.6. The molecule has 4 rings (SSSR count). The summed E-state index contributed by atoms with van der Waals surface area (Å²) in [5.41, 5.74) is 1.30. The first kappa shape index (κ1) is 18.2. The predicted octanol–water partition coefficient (Wildman–Crippen LogP) is 5.36. The minimum absolute atomic E-state index is 0.0844. The highest BCUT2D eigenvalue weighted by atomic mass is 19.4. The van der Waals surface area contributed by atoms with Crippen molar-refractivity contribution < 1.29 is 22.4 Å². The van der Waals surface area contributed by atoms with Crippen LogP contribution in [0.3, 0.4) is 0 Å². The van der Waals surface area contributed by atoms with E-state index in [4.69, 9.17) is 0 Å². The molecule has 1 aliphatic rings. The van der Waals surface area contributed by atoms with Gasteiger partial charge in [0.2, 0.25) is 0 Å². The van der Waals surface area contributed by atoms with Gasteiger partial charge >= 0.3 is 6.18 Å². The Morgan fingerprint density at radius 1 is 1.11 bits per heavy atom. The summed E-state index contributed by atoms with van der Waals surface area (Å²) in [5, 5.41) is 9.87. The van der Waals surface area contributed by atoms with Gasteiger partial charge < -0.3 is 5.32 Å². The van der Waals surface area contributed by atoms with E-state index in [0.29, 0.717) is 16.9 Å². The Labute approximate surface area is 157 Å². The Balaban J connectivity index is 1.65. The number of nitrogens with one attached hydrogen (secondary N) is 2. The smallest absolute Gasteiger partial charge is 0.319 e. The molecule has 144 valence electrons. The monoisotopic (exact) mass is 389 g/mol. The van der Waals surface area contributed by atoms with Gasteiger partial charge in [-0.05, 0) is 49.2 Å². The molecule has 0 saturated heterocycles. The Kier molecular flexibility index (Phi) is 4.41. The number of carbonyl (C=O) groups excluding carboxylic acids is 1. The van der Waals surface area contributed by atoms with Crippen LogP contribution in [0, 0.1) is 5.82 Å². The third-order valence-corrected chi connectivity index (χ3v) is 4.59. The van der Waals surface area contributed by atoms with E-state index in [1.165, 1.54) is 18.2 Å². The second kappa shape index (κ2) is 6.78. The largest absolute Gasteiger partial charge is 0.416 e. The maximum atomic E-state index is 13.6. The van der Waals surface area contributed by atoms with Gasteiger partial charge in [0.25, 0.3) is 5.91 Å². The lowest BCUT2D eigenvalue weighted by Gasteiger charge is -2.10. The van der Waals surface area contributed by atoms with E-state index in [-0.39, 0.29) is 11.5 Å². The summed E-state index contributed by atoms with van der Waals surface area (Å²) in [7, 11) is 0. The number of aromatic nitrogens is 2. The lowest BCUT2D eigenvalue weighted by atomic mass is 10.1. The van der Waals surface area contributed by atoms with Gasteiger partial charge in [-0.15, -0.1) is 0 Å². The Bertz CT molecular complexity index is 1020. The van der Waals surface area contributed by atoms with E-state index >= 15 is 0 Å². The van der Waals surface area contributed by atoms with E-state index in [2.05, 4.69) is 15.5 Å². The van der Waals surface area contributed by atoms with Crippen LogP contribution in [0.15, 0.2) is 48.5 Å². The highest BCUT2D eigenvalue weighted by Crippen LogP contribution is 2.45. The van der Waals surface area contributed by atoms with Gasteiger partial charge in [-0.2, -0.15) is 18.3 Å². The minimum atomic E-state index is -4.47. The molecule has 1 aliphatic carbocycles. The van der Waals surface area contributed by atoms with Crippen LogP contribution < -0.4 is 5.32 Å². The first-order chi connectivity index (χ1) is 13.3. The number of nitrogens with zero attached hydrogens (tertiary/aromatic N) is 1. The van der Waals surface area contributed by atoms with E-state index < -0.39 is 23.5 Å². The lowest BCUT2D eigenvalue weighted by molar-refractivity contribution is -0.137. The maximum absolute atomic E-state index is 13.6. The Morgan fingerprint density at radius 2 is 1.82 bits per heavy atom. The zero-order chi connectivity index (χ0) is 19.9. The number of benzene rings is 2. The van der Waals surface area contributed by atoms with Crippen LogP contribution in [0.1, 0.15) is 40.4 Å². The molecule has 1 amide bonds. The molecule has 0 bridgehead atoms. The average Bonchev–Trinajstić information content (AvgIpc) is 3.42. The predicted molar refractivity (Wildman–Crippen MR) is 95.4 cm³/mol. The highest BCUT2D eigenvalue weighted by Gasteiger charge is 2.32. The first-order valence-corrected chi connectivity index (χ1v) is 8.66. The first-order valence-electron chi connectivity index (χ1n) is 8.66. The van der Waals surface area contributed by atoms with Crippen LogP contribution in [-0.4, -0.2) is 16.1 Å². The molecule has 1 fully saturated rings. The summed E-state index contributed by atoms with van der Waals surface area (Å²) in [6.07, 6.45) is -2.59. The van der Waals surface area contributed by atoms with Gasteiger partial charge in [0.1, 0.15) is 11.5 Å². The van der Waals surface area contributed by atoms with Crippen molar-refractivity contribution in [3.05, 3.63) is 71.2 Å². The number of H-pyrrole nitrogens is 1. The molecule has 28 heavy (non-hydrogen) atoms. The van der Waals surface area contributed by atoms with Gasteiger partial charge in [0.05, 0.1) is 16.9 Å². The van der Waals surface area contributed by atoms with Crippen molar-refractivity contribution in [2.75, 3.05) is 5.32 Å². The molecular weight excluding hydrogens is 374 g/mol. The van der Waals surface area contributed by atoms with Gasteiger partial charge in [0, 0.05) is 17.0 Å². The Morgan fingerprint density at radius 3 is 2.43 bits per heavy atom. The van der Waals surface area contributed by atoms with Crippen molar-refractivity contribution in [2.45, 2.75) is 24.9 Å². The lowest BCUT2D eigenvalue weighted by Crippen LogP contribution is -2.14. The van der Waals surface area contributed by atoms with Gasteiger partial charge in [-0.3, -0.25) is 9.89 Å². The zero-order valence-corrected chi connectivity index (χ0v) is 14.5. The second-order valence-corrected chi connectivity index (χ2v) is 6.67. The minimum Gasteiger partial charge on any atom is -0.319 e. The second-order valence-electron chi connectivity index (χ2n) is 6.67. The highest BCUT2D eigenvalue weighted by molar-refractivity contribution is 6.06. The molecule has 0 atom stereocenters. The standard InChI is InChI=1S/C20H15F4N3O/c21-15-3-1-2-13(10-15)17-18(16(26-27-17)11-4-5-11)25-19(28)12-6-8-14(9-7-12)20(22,23)24/h1-3,6-11H,4-5H2,(H,25,28)(H,26,27). The molecule has 0 aliphatic heterocycles. The molecular formula is C20H15F4N3O. The van der Waals surface area contributed by atoms with E-state index in [0.717, 1.165) is 42.8 Å². The van der Waals surface area contributed by atoms with Crippen LogP contribution in [-0.2, 0) is 6.18 Å². The van der Waals surface area contributed by atoms with E-state index in [9.17, 15) is 22.4 Å². The number of rotatable bonds is 4. The molecule has 0 unspecified atom stereocenters. The van der Waals surface area contributed by atoms with Crippen molar-refractivity contribution in [1.82, 2.24) is 10.2 Å². The van der Waals surface area contributed by atoms with E-state index in [1.807, 2.05) is 0 Å². The van der Waals surface area contributed by atoms with Crippen LogP contribution in [0.5, 0.6) is 0 Å². The van der Waals surface area contributed by atoms with Crippen LogP contribution in [0.2, 0.25) is 0 Å². The molecule has 0 spiro atoms. The van der Waals surface area contributed by atoms with Crippen molar-refractivity contribution in [3.63, 3.8) is 0 Å². The van der Waals surface area contributed by atoms with E-state index in [1.54, 1.807) is 6.07 Å². The number of carbonyl (C=O) groups is 1. The summed E-state index contributed by atoms with van der Waals surface area (Å²) in [5.74, 6) is -0.777. The summed E-state index contributed by atoms with van der Waals surface area (Å²) in [6.45, 7) is 0. The molecule has 2 aromatic carbocycles. The third kappa shape index (κ3) is 3.62. The number of anilines is 1. The third-order valence-electron chi connectivity index (χ3n) is 4.59. The summed E-state index contributed by atoms with van der Waals surface area (Å²) in [6, 6.07) is 9.79. The fraction of sp³-hybridized carbons (Fsp3) is 0.200. The van der Waals surface area contributed by atoms with Crippen molar-refractivity contribution in [2.24, 2.45) is 0 Å². The normalized spacial score (nSPS) is 14.1. The van der Waals surface area contributed by atoms with Crippen molar-refractivity contribution in [1.29, 1.82) is 0 Å². The van der Waals surface area contributed by atoms with Crippen molar-refractivity contribution in [3.8, 4) is 11.3 Å². The SMILES string of the molecule is O=C(Nc1c(-c2cccc(F)c2)n[nH]c1C1CC1)c1ccc(C(F)(F)F)cc1. The fourth-order valence-corrected chi connectivity index (χ4v) is 2.99. The molecule has 0 radical (unpaired) electrons. The summed E-state index contributed by atoms with van der Waals surface area (Å²) < 4.78 is 51.7. The number of halogens is 4. The number of amides is 1. The number of aromatic amines is 1. The molecule has 1 aromatic heterocycles. The van der Waals surface area contributed by atoms with Crippen LogP contribution in [0.25, 0.3) is 11.3 Å². The number of hydrogen-bond acceptors (Lipinski definition) is 2. The van der Waals surface area contributed by atoms with Gasteiger partial charge in [-0.25, -0.2) is 4.39 Å². The number of hydrogen-bond donors (Lipinski definition) is 2. The van der Waals surface area contributed by atoms with Crippen molar-refractivity contribution >= 4 is 11.6 Å². The quantitative estimate of drug-likeness (QED) is 0.590. The van der Waals surface area contributed by atoms with Gasteiger partial charge in [0.15, 0.2) is 0 Å². The van der Waals surface area contributed by atoms with Gasteiger partial charge in [-0.1, -0.05) is 12.1 Å².